The highest BCUT2D eigenvalue weighted by Crippen LogP contribution is 2.35. The van der Waals surface area contributed by atoms with Gasteiger partial charge >= 0.3 is 6.03 Å². The van der Waals surface area contributed by atoms with Gasteiger partial charge in [-0.25, -0.2) is 4.79 Å². The van der Waals surface area contributed by atoms with Crippen molar-refractivity contribution in [1.29, 1.82) is 0 Å². The average Bonchev–Trinajstić information content (AvgIpc) is 3.44. The Kier molecular flexibility index (Phi) is 9.02. The van der Waals surface area contributed by atoms with Crippen LogP contribution in [0.3, 0.4) is 0 Å². The standard InChI is InChI=1S/C34H46N6O2/c1-22-6-11-28(36-33(42)35-27-12-16-34(3,4)17-13-27)20-29(22)23(2)30-21-31(39-38-30)37-32(41)26-9-7-24(8-10-26)25-14-18-40(5)19-15-25/h6-11,20-21,23,25,27H,12-19H2,1-5H3,(H2,35,36,42)(H2,37,38,39,41). The Morgan fingerprint density at radius 1 is 0.976 bits per heavy atom. The number of carbonyl (C=O) groups excluding carboxylic acids is 2. The third-order valence-electron chi connectivity index (χ3n) is 9.33. The van der Waals surface area contributed by atoms with Crippen LogP contribution in [0.2, 0.25) is 0 Å². The lowest BCUT2D eigenvalue weighted by atomic mass is 9.76. The fourth-order valence-electron chi connectivity index (χ4n) is 6.31. The Bertz CT molecular complexity index is 1380. The first kappa shape index (κ1) is 29.8. The van der Waals surface area contributed by atoms with Crippen LogP contribution in [0.4, 0.5) is 16.3 Å². The molecule has 1 aliphatic carbocycles. The zero-order valence-electron chi connectivity index (χ0n) is 25.7. The predicted octanol–water partition coefficient (Wildman–Crippen LogP) is 7.02. The second kappa shape index (κ2) is 12.7. The number of H-pyrrole nitrogens is 1. The number of aromatic amines is 1. The van der Waals surface area contributed by atoms with Crippen molar-refractivity contribution in [3.63, 3.8) is 0 Å². The van der Waals surface area contributed by atoms with E-state index in [-0.39, 0.29) is 23.9 Å². The first-order valence-corrected chi connectivity index (χ1v) is 15.4. The summed E-state index contributed by atoms with van der Waals surface area (Å²) in [5.74, 6) is 0.919. The predicted molar refractivity (Wildman–Crippen MR) is 169 cm³/mol. The van der Waals surface area contributed by atoms with Crippen molar-refractivity contribution in [2.75, 3.05) is 30.8 Å². The maximum Gasteiger partial charge on any atom is 0.319 e. The third kappa shape index (κ3) is 7.40. The Hall–Kier alpha value is -3.65. The maximum atomic E-state index is 13.0. The van der Waals surface area contributed by atoms with Gasteiger partial charge in [-0.2, -0.15) is 5.10 Å². The number of nitrogens with zero attached hydrogens (tertiary/aromatic N) is 2. The normalized spacial score (nSPS) is 18.8. The largest absolute Gasteiger partial charge is 0.335 e. The molecule has 42 heavy (non-hydrogen) atoms. The van der Waals surface area contributed by atoms with Gasteiger partial charge in [0.2, 0.25) is 0 Å². The summed E-state index contributed by atoms with van der Waals surface area (Å²) in [4.78, 5) is 28.1. The first-order chi connectivity index (χ1) is 20.1. The molecule has 0 bridgehead atoms. The molecule has 3 aromatic rings. The fourth-order valence-corrected chi connectivity index (χ4v) is 6.31. The number of hydrogen-bond donors (Lipinski definition) is 4. The number of aromatic nitrogens is 2. The van der Waals surface area contributed by atoms with Gasteiger partial charge in [0.05, 0.1) is 5.69 Å². The molecule has 1 aliphatic heterocycles. The Balaban J connectivity index is 1.18. The van der Waals surface area contributed by atoms with Gasteiger partial charge in [-0.05, 0) is 118 Å². The molecule has 1 saturated carbocycles. The summed E-state index contributed by atoms with van der Waals surface area (Å²) in [5.41, 5.74) is 6.05. The van der Waals surface area contributed by atoms with Crippen LogP contribution < -0.4 is 16.0 Å². The SMILES string of the molecule is Cc1ccc(NC(=O)NC2CCC(C)(C)CC2)cc1C(C)c1cc(NC(=O)c2ccc(C3CCN(C)CC3)cc2)[nH]n1. The Labute approximate surface area is 250 Å². The van der Waals surface area contributed by atoms with Crippen LogP contribution in [-0.2, 0) is 0 Å². The summed E-state index contributed by atoms with van der Waals surface area (Å²) in [5, 5.41) is 16.6. The van der Waals surface area contributed by atoms with E-state index in [1.807, 2.05) is 36.4 Å². The third-order valence-corrected chi connectivity index (χ3v) is 9.33. The van der Waals surface area contributed by atoms with Gasteiger partial charge in [0.1, 0.15) is 5.82 Å². The Morgan fingerprint density at radius 2 is 1.67 bits per heavy atom. The highest BCUT2D eigenvalue weighted by Gasteiger charge is 2.27. The van der Waals surface area contributed by atoms with Crippen molar-refractivity contribution in [3.05, 3.63) is 76.5 Å². The van der Waals surface area contributed by atoms with Gasteiger partial charge in [-0.1, -0.05) is 39.0 Å². The lowest BCUT2D eigenvalue weighted by Crippen LogP contribution is -2.41. The summed E-state index contributed by atoms with van der Waals surface area (Å²) < 4.78 is 0. The molecule has 4 N–H and O–H groups in total. The van der Waals surface area contributed by atoms with Crippen molar-refractivity contribution in [3.8, 4) is 0 Å². The van der Waals surface area contributed by atoms with E-state index < -0.39 is 0 Å². The van der Waals surface area contributed by atoms with Crippen molar-refractivity contribution in [2.24, 2.45) is 5.41 Å². The molecule has 5 rings (SSSR count). The molecule has 0 spiro atoms. The van der Waals surface area contributed by atoms with E-state index in [0.717, 1.165) is 74.1 Å². The first-order valence-electron chi connectivity index (χ1n) is 15.4. The summed E-state index contributed by atoms with van der Waals surface area (Å²) in [6.45, 7) is 11.0. The highest BCUT2D eigenvalue weighted by molar-refractivity contribution is 6.03. The van der Waals surface area contributed by atoms with Crippen molar-refractivity contribution >= 4 is 23.4 Å². The smallest absolute Gasteiger partial charge is 0.319 e. The van der Waals surface area contributed by atoms with Crippen LogP contribution >= 0.6 is 0 Å². The zero-order valence-corrected chi connectivity index (χ0v) is 25.7. The molecule has 1 atom stereocenters. The number of anilines is 2. The molecule has 1 unspecified atom stereocenters. The average molecular weight is 571 g/mol. The molecule has 0 radical (unpaired) electrons. The second-order valence-electron chi connectivity index (χ2n) is 13.2. The van der Waals surface area contributed by atoms with Crippen LogP contribution in [0, 0.1) is 12.3 Å². The topological polar surface area (TPSA) is 102 Å². The Morgan fingerprint density at radius 3 is 2.36 bits per heavy atom. The second-order valence-corrected chi connectivity index (χ2v) is 13.2. The van der Waals surface area contributed by atoms with E-state index in [9.17, 15) is 9.59 Å². The fraction of sp³-hybridized carbons (Fsp3) is 0.500. The molecule has 2 aromatic carbocycles. The number of amides is 3. The van der Waals surface area contributed by atoms with Gasteiger partial charge in [-0.3, -0.25) is 9.89 Å². The molecule has 3 amide bonds. The lowest BCUT2D eigenvalue weighted by Gasteiger charge is -2.34. The van der Waals surface area contributed by atoms with Gasteiger partial charge in [0.15, 0.2) is 0 Å². The number of carbonyl (C=O) groups is 2. The summed E-state index contributed by atoms with van der Waals surface area (Å²) >= 11 is 0. The van der Waals surface area contributed by atoms with Crippen LogP contribution in [0.25, 0.3) is 0 Å². The van der Waals surface area contributed by atoms with E-state index in [1.54, 1.807) is 0 Å². The minimum Gasteiger partial charge on any atom is -0.335 e. The maximum absolute atomic E-state index is 13.0. The number of likely N-dealkylation sites (tertiary alicyclic amines) is 1. The molecule has 8 heteroatoms. The van der Waals surface area contributed by atoms with Gasteiger partial charge in [-0.15, -0.1) is 0 Å². The zero-order chi connectivity index (χ0) is 29.9. The number of rotatable bonds is 7. The molecular weight excluding hydrogens is 524 g/mol. The molecule has 1 saturated heterocycles. The molecule has 2 aliphatic rings. The summed E-state index contributed by atoms with van der Waals surface area (Å²) in [6, 6.07) is 15.9. The summed E-state index contributed by atoms with van der Waals surface area (Å²) in [6.07, 6.45) is 6.59. The molecule has 2 fully saturated rings. The van der Waals surface area contributed by atoms with Crippen LogP contribution in [0.5, 0.6) is 0 Å². The quantitative estimate of drug-likeness (QED) is 0.245. The van der Waals surface area contributed by atoms with Crippen LogP contribution in [0.1, 0.15) is 104 Å². The van der Waals surface area contributed by atoms with Gasteiger partial charge in [0, 0.05) is 29.3 Å². The van der Waals surface area contributed by atoms with Crippen molar-refractivity contribution < 1.29 is 9.59 Å². The summed E-state index contributed by atoms with van der Waals surface area (Å²) in [7, 11) is 2.17. The van der Waals surface area contributed by atoms with Crippen molar-refractivity contribution in [1.82, 2.24) is 20.4 Å². The lowest BCUT2D eigenvalue weighted by molar-refractivity contribution is 0.102. The molecule has 8 nitrogen and oxygen atoms in total. The number of hydrogen-bond acceptors (Lipinski definition) is 4. The number of piperidine rings is 1. The minimum atomic E-state index is -0.164. The van der Waals surface area contributed by atoms with E-state index in [4.69, 9.17) is 0 Å². The number of nitrogens with one attached hydrogen (secondary N) is 4. The van der Waals surface area contributed by atoms with E-state index in [0.29, 0.717) is 22.7 Å². The van der Waals surface area contributed by atoms with Gasteiger partial charge < -0.3 is 20.9 Å². The monoisotopic (exact) mass is 570 g/mol. The molecule has 2 heterocycles. The number of benzene rings is 2. The van der Waals surface area contributed by atoms with Crippen molar-refractivity contribution in [2.45, 2.75) is 84.1 Å². The molecule has 224 valence electrons. The van der Waals surface area contributed by atoms with Crippen LogP contribution in [-0.4, -0.2) is 53.2 Å². The minimum absolute atomic E-state index is 0.0360. The van der Waals surface area contributed by atoms with Crippen LogP contribution in [0.15, 0.2) is 48.5 Å². The number of aryl methyl sites for hydroxylation is 1. The van der Waals surface area contributed by atoms with E-state index in [1.165, 1.54) is 5.56 Å². The van der Waals surface area contributed by atoms with Gasteiger partial charge in [0.25, 0.3) is 5.91 Å². The molecule has 1 aromatic heterocycles. The number of urea groups is 1. The highest BCUT2D eigenvalue weighted by atomic mass is 16.2. The van der Waals surface area contributed by atoms with E-state index in [2.05, 4.69) is 77.9 Å². The molecular formula is C34H46N6O2. The van der Waals surface area contributed by atoms with E-state index >= 15 is 0 Å².